The van der Waals surface area contributed by atoms with Crippen molar-refractivity contribution in [3.8, 4) is 0 Å². The number of benzene rings is 2. The number of anilines is 2. The van der Waals surface area contributed by atoms with Gasteiger partial charge in [-0.3, -0.25) is 4.79 Å². The second kappa shape index (κ2) is 5.98. The third-order valence-electron chi connectivity index (χ3n) is 2.45. The highest BCUT2D eigenvalue weighted by molar-refractivity contribution is 14.1. The van der Waals surface area contributed by atoms with Gasteiger partial charge in [-0.1, -0.05) is 29.3 Å². The molecule has 0 fully saturated rings. The molecule has 2 aromatic carbocycles. The molecule has 98 valence electrons. The number of rotatable bonds is 2. The second-order valence-corrected chi connectivity index (χ2v) is 5.84. The topological polar surface area (TPSA) is 55.1 Å². The van der Waals surface area contributed by atoms with E-state index in [0.717, 1.165) is 3.57 Å². The van der Waals surface area contributed by atoms with Gasteiger partial charge in [0.2, 0.25) is 0 Å². The zero-order valence-electron chi connectivity index (χ0n) is 9.58. The van der Waals surface area contributed by atoms with E-state index >= 15 is 0 Å². The Bertz CT molecular complexity index is 626. The molecule has 0 unspecified atom stereocenters. The molecule has 3 nitrogen and oxygen atoms in total. The van der Waals surface area contributed by atoms with Crippen LogP contribution in [0.15, 0.2) is 36.4 Å². The molecule has 0 atom stereocenters. The standard InChI is InChI=1S/C13H9Cl2IN2O/c14-8-2-1-3-10(17)12(8)13(19)18-11-5-4-7(16)6-9(11)15/h1-6H,17H2,(H,18,19). The van der Waals surface area contributed by atoms with Crippen LogP contribution < -0.4 is 11.1 Å². The largest absolute Gasteiger partial charge is 0.398 e. The lowest BCUT2D eigenvalue weighted by Gasteiger charge is -2.10. The second-order valence-electron chi connectivity index (χ2n) is 3.78. The number of nitrogens with one attached hydrogen (secondary N) is 1. The van der Waals surface area contributed by atoms with Crippen LogP contribution in [0.2, 0.25) is 10.0 Å². The monoisotopic (exact) mass is 406 g/mol. The van der Waals surface area contributed by atoms with Gasteiger partial charge in [0.1, 0.15) is 0 Å². The molecule has 3 N–H and O–H groups in total. The molecule has 1 amide bonds. The molecule has 0 bridgehead atoms. The molecule has 0 spiro atoms. The summed E-state index contributed by atoms with van der Waals surface area (Å²) in [5.41, 5.74) is 6.85. The fourth-order valence-corrected chi connectivity index (χ4v) is 2.73. The van der Waals surface area contributed by atoms with E-state index in [0.29, 0.717) is 21.4 Å². The lowest BCUT2D eigenvalue weighted by molar-refractivity contribution is 0.102. The summed E-state index contributed by atoms with van der Waals surface area (Å²) in [6, 6.07) is 10.3. The number of carbonyl (C=O) groups excluding carboxylic acids is 1. The van der Waals surface area contributed by atoms with Gasteiger partial charge in [0.05, 0.1) is 21.3 Å². The van der Waals surface area contributed by atoms with Crippen molar-refractivity contribution in [1.82, 2.24) is 0 Å². The number of amides is 1. The van der Waals surface area contributed by atoms with Gasteiger partial charge in [-0.05, 0) is 52.9 Å². The zero-order valence-corrected chi connectivity index (χ0v) is 13.3. The van der Waals surface area contributed by atoms with Crippen molar-refractivity contribution in [3.05, 3.63) is 55.6 Å². The van der Waals surface area contributed by atoms with E-state index < -0.39 is 0 Å². The molecule has 2 aromatic rings. The summed E-state index contributed by atoms with van der Waals surface area (Å²) in [5, 5.41) is 3.47. The van der Waals surface area contributed by atoms with Crippen LogP contribution in [0, 0.1) is 3.57 Å². The number of nitrogens with two attached hydrogens (primary N) is 1. The minimum absolute atomic E-state index is 0.249. The molecule has 0 radical (unpaired) electrons. The van der Waals surface area contributed by atoms with Gasteiger partial charge in [0, 0.05) is 9.26 Å². The number of halogens is 3. The van der Waals surface area contributed by atoms with Crippen LogP contribution in [-0.2, 0) is 0 Å². The van der Waals surface area contributed by atoms with Gasteiger partial charge in [-0.15, -0.1) is 0 Å². The molecule has 0 heterocycles. The first kappa shape index (κ1) is 14.4. The normalized spacial score (nSPS) is 10.3. The lowest BCUT2D eigenvalue weighted by Crippen LogP contribution is -2.15. The summed E-state index contributed by atoms with van der Waals surface area (Å²) in [4.78, 5) is 12.2. The van der Waals surface area contributed by atoms with E-state index in [9.17, 15) is 4.79 Å². The van der Waals surface area contributed by atoms with Crippen LogP contribution in [0.1, 0.15) is 10.4 Å². The average Bonchev–Trinajstić information content (AvgIpc) is 2.32. The third-order valence-corrected chi connectivity index (χ3v) is 3.75. The van der Waals surface area contributed by atoms with Crippen LogP contribution in [0.4, 0.5) is 11.4 Å². The van der Waals surface area contributed by atoms with Gasteiger partial charge in [-0.2, -0.15) is 0 Å². The molecule has 6 heteroatoms. The van der Waals surface area contributed by atoms with Crippen LogP contribution >= 0.6 is 45.8 Å². The minimum Gasteiger partial charge on any atom is -0.398 e. The van der Waals surface area contributed by atoms with E-state index in [2.05, 4.69) is 27.9 Å². The molecular weight excluding hydrogens is 398 g/mol. The molecule has 0 aliphatic rings. The van der Waals surface area contributed by atoms with Crippen LogP contribution in [-0.4, -0.2) is 5.91 Å². The number of nitrogen functional groups attached to an aromatic ring is 1. The van der Waals surface area contributed by atoms with Gasteiger partial charge in [-0.25, -0.2) is 0 Å². The Morgan fingerprint density at radius 2 is 1.89 bits per heavy atom. The fourth-order valence-electron chi connectivity index (χ4n) is 1.56. The van der Waals surface area contributed by atoms with Crippen LogP contribution in [0.5, 0.6) is 0 Å². The summed E-state index contributed by atoms with van der Waals surface area (Å²) in [6.45, 7) is 0. The predicted molar refractivity (Wildman–Crippen MR) is 88.0 cm³/mol. The first-order valence-corrected chi connectivity index (χ1v) is 7.13. The summed E-state index contributed by atoms with van der Waals surface area (Å²) in [6.07, 6.45) is 0. The Labute approximate surface area is 134 Å². The molecule has 0 saturated carbocycles. The van der Waals surface area contributed by atoms with Crippen molar-refractivity contribution in [3.63, 3.8) is 0 Å². The van der Waals surface area contributed by atoms with Crippen molar-refractivity contribution in [2.75, 3.05) is 11.1 Å². The Kier molecular flexibility index (Phi) is 4.54. The summed E-state index contributed by atoms with van der Waals surface area (Å²) < 4.78 is 0.984. The fraction of sp³-hybridized carbons (Fsp3) is 0. The maximum Gasteiger partial charge on any atom is 0.259 e. The molecule has 2 rings (SSSR count). The predicted octanol–water partition coefficient (Wildman–Crippen LogP) is 4.43. The van der Waals surface area contributed by atoms with Gasteiger partial charge in [0.25, 0.3) is 5.91 Å². The summed E-state index contributed by atoms with van der Waals surface area (Å²) in [7, 11) is 0. The molecule has 0 saturated heterocycles. The summed E-state index contributed by atoms with van der Waals surface area (Å²) >= 11 is 14.2. The first-order valence-electron chi connectivity index (χ1n) is 5.29. The highest BCUT2D eigenvalue weighted by atomic mass is 127. The smallest absolute Gasteiger partial charge is 0.259 e. The maximum absolute atomic E-state index is 12.2. The molecule has 0 aromatic heterocycles. The molecule has 0 aliphatic carbocycles. The van der Waals surface area contributed by atoms with Crippen molar-refractivity contribution >= 4 is 63.1 Å². The lowest BCUT2D eigenvalue weighted by atomic mass is 10.1. The van der Waals surface area contributed by atoms with Crippen LogP contribution in [0.3, 0.4) is 0 Å². The first-order chi connectivity index (χ1) is 8.99. The Balaban J connectivity index is 2.31. The van der Waals surface area contributed by atoms with E-state index in [-0.39, 0.29) is 11.5 Å². The highest BCUT2D eigenvalue weighted by Gasteiger charge is 2.15. The van der Waals surface area contributed by atoms with E-state index in [1.165, 1.54) is 0 Å². The average molecular weight is 407 g/mol. The van der Waals surface area contributed by atoms with E-state index in [1.54, 1.807) is 30.3 Å². The van der Waals surface area contributed by atoms with Gasteiger partial charge < -0.3 is 11.1 Å². The number of hydrogen-bond acceptors (Lipinski definition) is 2. The number of hydrogen-bond donors (Lipinski definition) is 2. The zero-order chi connectivity index (χ0) is 14.0. The SMILES string of the molecule is Nc1cccc(Cl)c1C(=O)Nc1ccc(I)cc1Cl. The van der Waals surface area contributed by atoms with Crippen molar-refractivity contribution < 1.29 is 4.79 Å². The third kappa shape index (κ3) is 3.32. The minimum atomic E-state index is -0.383. The van der Waals surface area contributed by atoms with Crippen molar-refractivity contribution in [2.24, 2.45) is 0 Å². The van der Waals surface area contributed by atoms with Crippen LogP contribution in [0.25, 0.3) is 0 Å². The van der Waals surface area contributed by atoms with Crippen molar-refractivity contribution in [1.29, 1.82) is 0 Å². The highest BCUT2D eigenvalue weighted by Crippen LogP contribution is 2.27. The molecule has 0 aliphatic heterocycles. The molecule has 19 heavy (non-hydrogen) atoms. The van der Waals surface area contributed by atoms with E-state index in [1.807, 2.05) is 6.07 Å². The Hall–Kier alpha value is -0.980. The molecular formula is C13H9Cl2IN2O. The van der Waals surface area contributed by atoms with E-state index in [4.69, 9.17) is 28.9 Å². The Morgan fingerprint density at radius 1 is 1.16 bits per heavy atom. The summed E-state index contributed by atoms with van der Waals surface area (Å²) in [5.74, 6) is -0.383. The van der Waals surface area contributed by atoms with Gasteiger partial charge >= 0.3 is 0 Å². The number of carbonyl (C=O) groups is 1. The van der Waals surface area contributed by atoms with Gasteiger partial charge in [0.15, 0.2) is 0 Å². The maximum atomic E-state index is 12.2. The Morgan fingerprint density at radius 3 is 2.53 bits per heavy atom. The quantitative estimate of drug-likeness (QED) is 0.572. The van der Waals surface area contributed by atoms with Crippen molar-refractivity contribution in [2.45, 2.75) is 0 Å².